The van der Waals surface area contributed by atoms with Crippen LogP contribution < -0.4 is 0 Å². The summed E-state index contributed by atoms with van der Waals surface area (Å²) in [5.41, 5.74) is 5.29. The van der Waals surface area contributed by atoms with Crippen LogP contribution in [0.15, 0.2) is 66.5 Å². The molecule has 2 aliphatic carbocycles. The first kappa shape index (κ1) is 15.4. The van der Waals surface area contributed by atoms with Gasteiger partial charge in [0.05, 0.1) is 17.5 Å². The number of allylic oxidation sites excluding steroid dienone is 3. The standard InChI is InChI=1S/C22H10FN3O/c23-12-5-6-14-17(11-12)13(7-8-24)19(22(14)27)18-15-3-1-9-25-20(15)21-16(18)4-2-10-26-21/h1-7,9-11H/b13-7+. The van der Waals surface area contributed by atoms with Crippen molar-refractivity contribution < 1.29 is 9.18 Å². The molecule has 0 radical (unpaired) electrons. The SMILES string of the molecule is N#C/C=C1/C(=C2c3cccnc3-c3ncccc32)C(=O)c2ccc(F)cc21. The Kier molecular flexibility index (Phi) is 3.15. The molecule has 1 aromatic carbocycles. The highest BCUT2D eigenvalue weighted by Crippen LogP contribution is 2.49. The predicted molar refractivity (Wildman–Crippen MR) is 97.8 cm³/mol. The molecule has 0 unspecified atom stereocenters. The third kappa shape index (κ3) is 2.04. The molecule has 0 bridgehead atoms. The van der Waals surface area contributed by atoms with Crippen molar-refractivity contribution in [3.63, 3.8) is 0 Å². The van der Waals surface area contributed by atoms with E-state index in [4.69, 9.17) is 0 Å². The monoisotopic (exact) mass is 351 g/mol. The largest absolute Gasteiger partial charge is 0.289 e. The summed E-state index contributed by atoms with van der Waals surface area (Å²) in [4.78, 5) is 22.1. The number of carbonyl (C=O) groups is 1. The van der Waals surface area contributed by atoms with Crippen LogP contribution in [-0.2, 0) is 0 Å². The molecule has 0 saturated carbocycles. The lowest BCUT2D eigenvalue weighted by molar-refractivity contribution is 0.104. The highest BCUT2D eigenvalue weighted by Gasteiger charge is 2.37. The molecule has 5 rings (SSSR count). The zero-order chi connectivity index (χ0) is 18.5. The van der Waals surface area contributed by atoms with Gasteiger partial charge in [-0.2, -0.15) is 5.26 Å². The molecule has 4 nitrogen and oxygen atoms in total. The molecular formula is C22H10FN3O. The average molecular weight is 351 g/mol. The van der Waals surface area contributed by atoms with Crippen molar-refractivity contribution in [2.24, 2.45) is 0 Å². The Balaban J connectivity index is 1.92. The number of fused-ring (bicyclic) bond motifs is 4. The molecule has 2 aromatic heterocycles. The predicted octanol–water partition coefficient (Wildman–Crippen LogP) is 4.20. The molecule has 0 N–H and O–H groups in total. The normalized spacial score (nSPS) is 15.6. The molecule has 0 saturated heterocycles. The highest BCUT2D eigenvalue weighted by atomic mass is 19.1. The maximum Gasteiger partial charge on any atom is 0.194 e. The number of nitriles is 1. The molecule has 0 atom stereocenters. The van der Waals surface area contributed by atoms with Crippen LogP contribution >= 0.6 is 0 Å². The number of ketones is 1. The summed E-state index contributed by atoms with van der Waals surface area (Å²) in [6, 6.07) is 13.4. The Morgan fingerprint density at radius 3 is 2.19 bits per heavy atom. The molecule has 0 spiro atoms. The van der Waals surface area contributed by atoms with Crippen molar-refractivity contribution in [2.75, 3.05) is 0 Å². The third-order valence-corrected chi connectivity index (χ3v) is 4.85. The van der Waals surface area contributed by atoms with Gasteiger partial charge in [-0.1, -0.05) is 12.1 Å². The molecular weight excluding hydrogens is 341 g/mol. The van der Waals surface area contributed by atoms with Gasteiger partial charge in [0.15, 0.2) is 5.78 Å². The van der Waals surface area contributed by atoms with Crippen molar-refractivity contribution >= 4 is 16.9 Å². The van der Waals surface area contributed by atoms with Gasteiger partial charge in [0.25, 0.3) is 0 Å². The minimum atomic E-state index is -0.452. The van der Waals surface area contributed by atoms with Gasteiger partial charge >= 0.3 is 0 Å². The summed E-state index contributed by atoms with van der Waals surface area (Å²) in [5.74, 6) is -0.680. The van der Waals surface area contributed by atoms with Crippen LogP contribution in [0.25, 0.3) is 22.5 Å². The smallest absolute Gasteiger partial charge is 0.194 e. The molecule has 2 heterocycles. The van der Waals surface area contributed by atoms with Crippen molar-refractivity contribution in [2.45, 2.75) is 0 Å². The number of rotatable bonds is 0. The number of nitrogens with zero attached hydrogens (tertiary/aromatic N) is 3. The molecule has 0 fully saturated rings. The molecule has 126 valence electrons. The van der Waals surface area contributed by atoms with E-state index in [1.807, 2.05) is 18.2 Å². The fraction of sp³-hybridized carbons (Fsp3) is 0. The molecule has 5 heteroatoms. The minimum absolute atomic E-state index is 0.229. The van der Waals surface area contributed by atoms with Crippen LogP contribution in [-0.4, -0.2) is 15.8 Å². The molecule has 0 aliphatic heterocycles. The number of halogens is 1. The van der Waals surface area contributed by atoms with Gasteiger partial charge < -0.3 is 0 Å². The van der Waals surface area contributed by atoms with Crippen LogP contribution in [0, 0.1) is 17.1 Å². The summed E-state index contributed by atoms with van der Waals surface area (Å²) in [6.07, 6.45) is 4.66. The highest BCUT2D eigenvalue weighted by molar-refractivity contribution is 6.32. The lowest BCUT2D eigenvalue weighted by atomic mass is 9.93. The zero-order valence-electron chi connectivity index (χ0n) is 13.9. The minimum Gasteiger partial charge on any atom is -0.289 e. The Bertz CT molecular complexity index is 1220. The van der Waals surface area contributed by atoms with E-state index in [1.54, 1.807) is 24.5 Å². The Morgan fingerprint density at radius 1 is 0.889 bits per heavy atom. The van der Waals surface area contributed by atoms with E-state index >= 15 is 0 Å². The quantitative estimate of drug-likeness (QED) is 0.352. The fourth-order valence-electron chi connectivity index (χ4n) is 3.80. The Hall–Kier alpha value is -3.91. The van der Waals surface area contributed by atoms with Gasteiger partial charge in [-0.3, -0.25) is 14.8 Å². The van der Waals surface area contributed by atoms with E-state index in [9.17, 15) is 14.4 Å². The van der Waals surface area contributed by atoms with Crippen LogP contribution in [0.1, 0.15) is 27.0 Å². The summed E-state index contributed by atoms with van der Waals surface area (Å²) in [6.45, 7) is 0. The van der Waals surface area contributed by atoms with Gasteiger partial charge in [0.2, 0.25) is 0 Å². The number of hydrogen-bond acceptors (Lipinski definition) is 4. The van der Waals surface area contributed by atoms with Crippen LogP contribution in [0.3, 0.4) is 0 Å². The second kappa shape index (κ2) is 5.55. The number of Topliss-reactive ketones (excluding diaryl/α,β-unsaturated/α-hetero) is 1. The number of aromatic nitrogens is 2. The van der Waals surface area contributed by atoms with E-state index < -0.39 is 5.82 Å². The van der Waals surface area contributed by atoms with E-state index in [0.717, 1.165) is 11.1 Å². The maximum atomic E-state index is 13.8. The first-order chi connectivity index (χ1) is 13.2. The number of hydrogen-bond donors (Lipinski definition) is 0. The van der Waals surface area contributed by atoms with Gasteiger partial charge in [0.1, 0.15) is 5.82 Å². The number of pyridine rings is 2. The van der Waals surface area contributed by atoms with Crippen LogP contribution in [0.5, 0.6) is 0 Å². The van der Waals surface area contributed by atoms with Crippen molar-refractivity contribution in [1.29, 1.82) is 5.26 Å². The summed E-state index contributed by atoms with van der Waals surface area (Å²) in [7, 11) is 0. The van der Waals surface area contributed by atoms with Gasteiger partial charge in [-0.25, -0.2) is 4.39 Å². The van der Waals surface area contributed by atoms with Crippen molar-refractivity contribution in [3.05, 3.63) is 94.6 Å². The Labute approximate surface area is 154 Å². The van der Waals surface area contributed by atoms with E-state index in [0.29, 0.717) is 39.2 Å². The van der Waals surface area contributed by atoms with Crippen LogP contribution in [0.2, 0.25) is 0 Å². The lowest BCUT2D eigenvalue weighted by Crippen LogP contribution is -2.00. The lowest BCUT2D eigenvalue weighted by Gasteiger charge is -2.08. The van der Waals surface area contributed by atoms with E-state index in [1.165, 1.54) is 24.3 Å². The zero-order valence-corrected chi connectivity index (χ0v) is 13.9. The third-order valence-electron chi connectivity index (χ3n) is 4.85. The molecule has 3 aromatic rings. The molecule has 0 amide bonds. The summed E-state index contributed by atoms with van der Waals surface area (Å²) < 4.78 is 13.8. The fourth-order valence-corrected chi connectivity index (χ4v) is 3.80. The average Bonchev–Trinajstić information content (AvgIpc) is 3.15. The first-order valence-corrected chi connectivity index (χ1v) is 8.31. The van der Waals surface area contributed by atoms with Gasteiger partial charge in [-0.15, -0.1) is 0 Å². The van der Waals surface area contributed by atoms with Gasteiger partial charge in [0, 0.05) is 51.9 Å². The number of benzene rings is 1. The second-order valence-corrected chi connectivity index (χ2v) is 6.26. The maximum absolute atomic E-state index is 13.8. The van der Waals surface area contributed by atoms with Crippen molar-refractivity contribution in [1.82, 2.24) is 9.97 Å². The first-order valence-electron chi connectivity index (χ1n) is 8.31. The molecule has 27 heavy (non-hydrogen) atoms. The molecule has 2 aliphatic rings. The van der Waals surface area contributed by atoms with E-state index in [2.05, 4.69) is 9.97 Å². The number of carbonyl (C=O) groups excluding carboxylic acids is 1. The van der Waals surface area contributed by atoms with Gasteiger partial charge in [-0.05, 0) is 35.9 Å². The summed E-state index contributed by atoms with van der Waals surface area (Å²) >= 11 is 0. The summed E-state index contributed by atoms with van der Waals surface area (Å²) in [5, 5.41) is 9.28. The Morgan fingerprint density at radius 2 is 1.56 bits per heavy atom. The van der Waals surface area contributed by atoms with E-state index in [-0.39, 0.29) is 5.78 Å². The van der Waals surface area contributed by atoms with Crippen LogP contribution in [0.4, 0.5) is 4.39 Å². The topological polar surface area (TPSA) is 66.6 Å². The second-order valence-electron chi connectivity index (χ2n) is 6.26. The van der Waals surface area contributed by atoms with Crippen molar-refractivity contribution in [3.8, 4) is 17.5 Å².